The fourth-order valence-electron chi connectivity index (χ4n) is 14.1. The predicted molar refractivity (Wildman–Crippen MR) is 377 cm³/mol. The first-order valence-corrected chi connectivity index (χ1v) is 33.8. The molecule has 0 saturated heterocycles. The molecule has 13 heteroatoms. The minimum absolute atomic E-state index is 0. The van der Waals surface area contributed by atoms with E-state index in [0.29, 0.717) is 114 Å². The van der Waals surface area contributed by atoms with E-state index < -0.39 is 0 Å². The van der Waals surface area contributed by atoms with Crippen molar-refractivity contribution >= 4 is 92.8 Å². The number of aromatic nitrogens is 4. The minimum atomic E-state index is 0. The SMILES string of the molecule is Clc1cccc(Cl)c1-c1c2nc(c3c4ccc([n-]4)c(-c4c(Cl)cccc4Cl)c4nc(c(c5ccc1[n-]5)-c1cccc(c1)OCCCCCCCCOc1ccc5c(c1)[C@@H]1c6ccccc6[C@H]5c5cc(ccc51)OCCCCCCCCOc1cccc-3c1)C=C4)C=C2.[Zn+2]. The number of benzene rings is 7. The molecule has 0 fully saturated rings. The van der Waals surface area contributed by atoms with E-state index >= 15 is 0 Å². The molecule has 0 radical (unpaired) electrons. The van der Waals surface area contributed by atoms with E-state index in [9.17, 15) is 0 Å². The molecule has 11 aliphatic rings. The molecule has 0 N–H and O–H groups in total. The van der Waals surface area contributed by atoms with E-state index in [-0.39, 0.29) is 31.3 Å². The monoisotopic (exact) mass is 1350 g/mol. The van der Waals surface area contributed by atoms with Crippen molar-refractivity contribution in [3.8, 4) is 67.5 Å². The molecule has 10 aromatic rings. The van der Waals surface area contributed by atoms with Crippen LogP contribution < -0.4 is 28.9 Å². The zero-order chi connectivity index (χ0) is 62.1. The first-order chi connectivity index (χ1) is 45.3. The molecule has 22 bridgehead atoms. The van der Waals surface area contributed by atoms with E-state index in [0.717, 1.165) is 122 Å². The Morgan fingerprint density at radius 3 is 0.978 bits per heavy atom. The molecule has 93 heavy (non-hydrogen) atoms. The third-order valence-electron chi connectivity index (χ3n) is 18.4. The van der Waals surface area contributed by atoms with E-state index in [1.165, 1.54) is 33.4 Å². The molecule has 0 amide bonds. The Morgan fingerprint density at radius 1 is 0.290 bits per heavy atom. The Labute approximate surface area is 575 Å². The third-order valence-corrected chi connectivity index (χ3v) is 19.7. The number of hydrogen-bond acceptors (Lipinski definition) is 6. The van der Waals surface area contributed by atoms with Crippen molar-refractivity contribution in [1.82, 2.24) is 19.9 Å². The Morgan fingerprint density at radius 2 is 0.602 bits per heavy atom. The summed E-state index contributed by atoms with van der Waals surface area (Å²) in [6.07, 6.45) is 20.7. The summed E-state index contributed by atoms with van der Waals surface area (Å²) in [6.45, 7) is 2.54. The van der Waals surface area contributed by atoms with Gasteiger partial charge < -0.3 is 28.9 Å². The van der Waals surface area contributed by atoms with Gasteiger partial charge in [-0.15, -0.1) is 22.1 Å². The normalized spacial score (nSPS) is 16.5. The number of rotatable bonds is 2. The van der Waals surface area contributed by atoms with Gasteiger partial charge in [-0.3, -0.25) is 0 Å². The molecule has 7 aromatic carbocycles. The molecule has 11 heterocycles. The third kappa shape index (κ3) is 12.7. The van der Waals surface area contributed by atoms with Crippen LogP contribution in [0.5, 0.6) is 23.0 Å². The Kier molecular flexibility index (Phi) is 18.8. The van der Waals surface area contributed by atoms with E-state index in [2.05, 4.69) is 84.9 Å². The molecule has 2 atom stereocenters. The van der Waals surface area contributed by atoms with Gasteiger partial charge in [0.2, 0.25) is 0 Å². The van der Waals surface area contributed by atoms with Gasteiger partial charge in [-0.25, -0.2) is 9.97 Å². The summed E-state index contributed by atoms with van der Waals surface area (Å²) in [4.78, 5) is 21.9. The Balaban J connectivity index is 0.00000749. The van der Waals surface area contributed by atoms with Gasteiger partial charge >= 0.3 is 19.5 Å². The summed E-state index contributed by atoms with van der Waals surface area (Å²) in [5, 5.41) is 1.88. The van der Waals surface area contributed by atoms with Crippen molar-refractivity contribution in [3.05, 3.63) is 246 Å². The fourth-order valence-corrected chi connectivity index (χ4v) is 15.3. The maximum absolute atomic E-state index is 7.17. The first-order valence-electron chi connectivity index (χ1n) is 32.3. The van der Waals surface area contributed by atoms with Crippen molar-refractivity contribution in [1.29, 1.82) is 0 Å². The van der Waals surface area contributed by atoms with Crippen LogP contribution in [0.3, 0.4) is 0 Å². The van der Waals surface area contributed by atoms with Gasteiger partial charge in [0.15, 0.2) is 0 Å². The van der Waals surface area contributed by atoms with Gasteiger partial charge in [-0.05, 0) is 190 Å². The molecule has 0 saturated carbocycles. The Bertz CT molecular complexity index is 4390. The fraction of sp³-hybridized carbons (Fsp3) is 0.225. The minimum Gasteiger partial charge on any atom is -0.657 e. The number of nitrogens with zero attached hydrogens (tertiary/aromatic N) is 4. The van der Waals surface area contributed by atoms with Crippen molar-refractivity contribution in [2.75, 3.05) is 26.4 Å². The van der Waals surface area contributed by atoms with Crippen LogP contribution in [0.25, 0.3) is 90.9 Å². The standard InChI is InChI=1S/C80H66Cl4N4O4.Zn/c81-61-25-17-26-62(82)77(61)79-69-37-33-65(85-69)73-49-19-15-21-51(45-49)89-41-11-5-1-3-7-13-43-91-53-29-31-57-59(47-53)75-55-23-9-10-24-56(55)76(57)60-48-54(30-32-58(60)75)92-44-14-8-4-2-6-12-42-90-52-22-16-20-50(46-52)74(67-35-39-71(79)87-67)68-36-40-72(88-68)80(70-38-34-66(73)86-70)78-63(83)27-18-28-64(78)84;/h9-10,15-40,45-48,75-76H,1-8,11-14,41-44H2;/q-2;+2/t75-,76-;/m1./s1. The second-order valence-corrected chi connectivity index (χ2v) is 26.0. The van der Waals surface area contributed by atoms with Crippen LogP contribution in [0, 0.1) is 0 Å². The first kappa shape index (κ1) is 62.6. The molecule has 3 aromatic heterocycles. The molecule has 0 spiro atoms. The second-order valence-electron chi connectivity index (χ2n) is 24.3. The summed E-state index contributed by atoms with van der Waals surface area (Å²) in [6, 6.07) is 58.1. The second kappa shape index (κ2) is 28.0. The molecule has 3 aliphatic carbocycles. The van der Waals surface area contributed by atoms with Crippen LogP contribution in [0.4, 0.5) is 0 Å². The summed E-state index contributed by atoms with van der Waals surface area (Å²) in [7, 11) is 0. The maximum atomic E-state index is 7.17. The molecule has 0 unspecified atom stereocenters. The van der Waals surface area contributed by atoms with Crippen molar-refractivity contribution < 1.29 is 38.4 Å². The quantitative estimate of drug-likeness (QED) is 0.158. The summed E-state index contributed by atoms with van der Waals surface area (Å²) in [5.74, 6) is 3.73. The topological polar surface area (TPSA) is 90.9 Å². The van der Waals surface area contributed by atoms with Crippen LogP contribution in [0.15, 0.2) is 170 Å². The van der Waals surface area contributed by atoms with E-state index in [1.54, 1.807) is 0 Å². The van der Waals surface area contributed by atoms with Gasteiger partial charge in [0.25, 0.3) is 0 Å². The zero-order valence-electron chi connectivity index (χ0n) is 51.6. The van der Waals surface area contributed by atoms with Crippen LogP contribution in [0.2, 0.25) is 20.1 Å². The number of ether oxygens (including phenoxy) is 4. The van der Waals surface area contributed by atoms with Gasteiger partial charge in [0.1, 0.15) is 23.0 Å². The van der Waals surface area contributed by atoms with Gasteiger partial charge in [0, 0.05) is 43.1 Å². The largest absolute Gasteiger partial charge is 2.00 e. The van der Waals surface area contributed by atoms with Crippen LogP contribution in [-0.2, 0) is 19.5 Å². The van der Waals surface area contributed by atoms with Crippen LogP contribution in [0.1, 0.15) is 145 Å². The molecular weight excluding hydrogens is 1290 g/mol. The summed E-state index contributed by atoms with van der Waals surface area (Å²) >= 11 is 28.7. The van der Waals surface area contributed by atoms with Gasteiger partial charge in [-0.1, -0.05) is 195 Å². The molecule has 21 rings (SSSR count). The number of hydrogen-bond donors (Lipinski definition) is 0. The maximum Gasteiger partial charge on any atom is 2.00 e. The van der Waals surface area contributed by atoms with Crippen LogP contribution >= 0.6 is 46.4 Å². The average molecular weight is 1350 g/mol. The molecular formula is C80H66Cl4N4O4Zn. The average Bonchev–Trinajstić information content (AvgIpc) is 1.38. The molecule has 460 valence electrons. The van der Waals surface area contributed by atoms with E-state index in [4.69, 9.17) is 85.3 Å². The molecule has 8 aliphatic heterocycles. The van der Waals surface area contributed by atoms with Crippen LogP contribution in [-0.4, -0.2) is 36.4 Å². The van der Waals surface area contributed by atoms with Gasteiger partial charge in [-0.2, -0.15) is 0 Å². The molecule has 8 nitrogen and oxygen atoms in total. The zero-order valence-corrected chi connectivity index (χ0v) is 57.6. The summed E-state index contributed by atoms with van der Waals surface area (Å²) < 4.78 is 26.1. The van der Waals surface area contributed by atoms with Crippen molar-refractivity contribution in [3.63, 3.8) is 0 Å². The van der Waals surface area contributed by atoms with Crippen molar-refractivity contribution in [2.24, 2.45) is 0 Å². The summed E-state index contributed by atoms with van der Waals surface area (Å²) in [5.41, 5.74) is 19.5. The van der Waals surface area contributed by atoms with Crippen molar-refractivity contribution in [2.45, 2.75) is 88.9 Å². The smallest absolute Gasteiger partial charge is 0.657 e. The Hall–Kier alpha value is -7.88. The number of halogens is 4. The predicted octanol–water partition coefficient (Wildman–Crippen LogP) is 22.1. The van der Waals surface area contributed by atoms with Gasteiger partial charge in [0.05, 0.1) is 49.2 Å². The van der Waals surface area contributed by atoms with E-state index in [1.807, 2.05) is 109 Å².